The van der Waals surface area contributed by atoms with Crippen molar-refractivity contribution in [2.45, 2.75) is 12.5 Å². The van der Waals surface area contributed by atoms with Crippen LogP contribution < -0.4 is 10.5 Å². The van der Waals surface area contributed by atoms with Crippen molar-refractivity contribution in [3.8, 4) is 5.75 Å². The average Bonchev–Trinajstić information content (AvgIpc) is 2.75. The summed E-state index contributed by atoms with van der Waals surface area (Å²) in [4.78, 5) is -0.0569. The van der Waals surface area contributed by atoms with Crippen molar-refractivity contribution in [1.29, 1.82) is 0 Å². The topological polar surface area (TPSA) is 44.5 Å². The number of hydrogen-bond acceptors (Lipinski definition) is 3. The van der Waals surface area contributed by atoms with Gasteiger partial charge in [-0.25, -0.2) is 8.78 Å². The Labute approximate surface area is 103 Å². The molecule has 0 aromatic heterocycles. The normalized spacial score (nSPS) is 19.3. The number of rotatable bonds is 3. The fraction of sp³-hybridized carbons (Fsp3) is 0.364. The highest BCUT2D eigenvalue weighted by molar-refractivity contribution is 7.80. The number of nitrogens with two attached hydrogens (primary N) is 1. The van der Waals surface area contributed by atoms with E-state index in [9.17, 15) is 8.78 Å². The number of thiocarbonyl (C=S) groups is 1. The summed E-state index contributed by atoms with van der Waals surface area (Å²) in [5.41, 5.74) is 5.45. The van der Waals surface area contributed by atoms with Gasteiger partial charge in [0.1, 0.15) is 11.1 Å². The van der Waals surface area contributed by atoms with Gasteiger partial charge in [0.15, 0.2) is 17.4 Å². The molecule has 92 valence electrons. The molecule has 2 N–H and O–H groups in total. The van der Waals surface area contributed by atoms with Crippen LogP contribution >= 0.6 is 12.2 Å². The van der Waals surface area contributed by atoms with E-state index in [1.807, 2.05) is 0 Å². The summed E-state index contributed by atoms with van der Waals surface area (Å²) < 4.78 is 37.5. The Kier molecular flexibility index (Phi) is 3.54. The van der Waals surface area contributed by atoms with E-state index in [0.717, 1.165) is 12.1 Å². The summed E-state index contributed by atoms with van der Waals surface area (Å²) in [5.74, 6) is -2.01. The SMILES string of the molecule is NC(=S)c1cc(F)c(OC2CCOC2)c(F)c1. The molecule has 1 fully saturated rings. The highest BCUT2D eigenvalue weighted by atomic mass is 32.1. The molecule has 1 heterocycles. The van der Waals surface area contributed by atoms with Gasteiger partial charge in [0, 0.05) is 12.0 Å². The van der Waals surface area contributed by atoms with Crippen LogP contribution in [0.15, 0.2) is 12.1 Å². The summed E-state index contributed by atoms with van der Waals surface area (Å²) >= 11 is 4.65. The van der Waals surface area contributed by atoms with Crippen LogP contribution in [-0.2, 0) is 4.74 Å². The van der Waals surface area contributed by atoms with Gasteiger partial charge in [0.05, 0.1) is 13.2 Å². The Morgan fingerprint density at radius 1 is 1.41 bits per heavy atom. The molecule has 0 saturated carbocycles. The van der Waals surface area contributed by atoms with E-state index < -0.39 is 17.4 Å². The third-order valence-corrected chi connectivity index (χ3v) is 2.69. The van der Waals surface area contributed by atoms with Crippen LogP contribution in [0.5, 0.6) is 5.75 Å². The number of hydrogen-bond donors (Lipinski definition) is 1. The number of benzene rings is 1. The fourth-order valence-corrected chi connectivity index (χ4v) is 1.71. The van der Waals surface area contributed by atoms with Crippen LogP contribution in [0.3, 0.4) is 0 Å². The molecule has 1 saturated heterocycles. The van der Waals surface area contributed by atoms with Crippen molar-refractivity contribution in [2.24, 2.45) is 5.73 Å². The summed E-state index contributed by atoms with van der Waals surface area (Å²) in [6.07, 6.45) is 0.310. The molecule has 6 heteroatoms. The minimum absolute atomic E-state index is 0.0569. The Morgan fingerprint density at radius 3 is 2.53 bits per heavy atom. The molecule has 1 aromatic rings. The quantitative estimate of drug-likeness (QED) is 0.840. The Hall–Kier alpha value is -1.27. The molecule has 17 heavy (non-hydrogen) atoms. The molecule has 3 nitrogen and oxygen atoms in total. The van der Waals surface area contributed by atoms with Crippen LogP contribution in [0.2, 0.25) is 0 Å². The van der Waals surface area contributed by atoms with Crippen LogP contribution in [-0.4, -0.2) is 24.3 Å². The molecule has 1 aromatic carbocycles. The molecule has 0 bridgehead atoms. The first-order chi connectivity index (χ1) is 8.08. The number of ether oxygens (including phenoxy) is 2. The molecule has 0 radical (unpaired) electrons. The van der Waals surface area contributed by atoms with Gasteiger partial charge in [0.2, 0.25) is 0 Å². The van der Waals surface area contributed by atoms with E-state index in [1.165, 1.54) is 0 Å². The molecular formula is C11H11F2NO2S. The van der Waals surface area contributed by atoms with Gasteiger partial charge in [0.25, 0.3) is 0 Å². The first-order valence-electron chi connectivity index (χ1n) is 5.11. The van der Waals surface area contributed by atoms with Gasteiger partial charge < -0.3 is 15.2 Å². The minimum atomic E-state index is -0.806. The van der Waals surface area contributed by atoms with Crippen LogP contribution in [0, 0.1) is 11.6 Å². The van der Waals surface area contributed by atoms with Gasteiger partial charge >= 0.3 is 0 Å². The first kappa shape index (κ1) is 12.2. The van der Waals surface area contributed by atoms with Crippen molar-refractivity contribution in [2.75, 3.05) is 13.2 Å². The third kappa shape index (κ3) is 2.70. The van der Waals surface area contributed by atoms with E-state index in [4.69, 9.17) is 15.2 Å². The summed E-state index contributed by atoms with van der Waals surface area (Å²) in [6, 6.07) is 2.13. The summed E-state index contributed by atoms with van der Waals surface area (Å²) in [5, 5.41) is 0. The van der Waals surface area contributed by atoms with Gasteiger partial charge in [-0.2, -0.15) is 0 Å². The van der Waals surface area contributed by atoms with Crippen molar-refractivity contribution < 1.29 is 18.3 Å². The Balaban J connectivity index is 2.24. The monoisotopic (exact) mass is 259 g/mol. The lowest BCUT2D eigenvalue weighted by molar-refractivity contribution is 0.134. The van der Waals surface area contributed by atoms with Crippen molar-refractivity contribution in [3.63, 3.8) is 0 Å². The zero-order chi connectivity index (χ0) is 12.4. The Morgan fingerprint density at radius 2 is 2.06 bits per heavy atom. The molecule has 0 aliphatic carbocycles. The number of halogens is 2. The lowest BCUT2D eigenvalue weighted by atomic mass is 10.2. The fourth-order valence-electron chi connectivity index (χ4n) is 1.59. The smallest absolute Gasteiger partial charge is 0.191 e. The highest BCUT2D eigenvalue weighted by Crippen LogP contribution is 2.26. The lowest BCUT2D eigenvalue weighted by Crippen LogP contribution is -2.18. The van der Waals surface area contributed by atoms with E-state index in [2.05, 4.69) is 12.2 Å². The maximum Gasteiger partial charge on any atom is 0.191 e. The third-order valence-electron chi connectivity index (χ3n) is 2.46. The standard InChI is InChI=1S/C11H11F2NO2S/c12-8-3-6(11(14)17)4-9(13)10(8)16-7-1-2-15-5-7/h3-4,7H,1-2,5H2,(H2,14,17). The minimum Gasteiger partial charge on any atom is -0.482 e. The second-order valence-electron chi connectivity index (χ2n) is 3.74. The van der Waals surface area contributed by atoms with Gasteiger partial charge in [-0.3, -0.25) is 0 Å². The maximum absolute atomic E-state index is 13.6. The first-order valence-corrected chi connectivity index (χ1v) is 5.52. The molecule has 0 amide bonds. The van der Waals surface area contributed by atoms with Crippen LogP contribution in [0.25, 0.3) is 0 Å². The van der Waals surface area contributed by atoms with Gasteiger partial charge in [-0.1, -0.05) is 12.2 Å². The van der Waals surface area contributed by atoms with E-state index in [-0.39, 0.29) is 16.7 Å². The molecule has 1 aliphatic heterocycles. The van der Waals surface area contributed by atoms with Crippen LogP contribution in [0.4, 0.5) is 8.78 Å². The average molecular weight is 259 g/mol. The lowest BCUT2D eigenvalue weighted by Gasteiger charge is -2.13. The summed E-state index contributed by atoms with van der Waals surface area (Å²) in [7, 11) is 0. The van der Waals surface area contributed by atoms with Crippen molar-refractivity contribution in [1.82, 2.24) is 0 Å². The van der Waals surface area contributed by atoms with E-state index in [0.29, 0.717) is 19.6 Å². The van der Waals surface area contributed by atoms with E-state index >= 15 is 0 Å². The maximum atomic E-state index is 13.6. The predicted octanol–water partition coefficient (Wildman–Crippen LogP) is 1.77. The van der Waals surface area contributed by atoms with Crippen molar-refractivity contribution >= 4 is 17.2 Å². The molecule has 0 spiro atoms. The zero-order valence-corrected chi connectivity index (χ0v) is 9.73. The molecule has 1 unspecified atom stereocenters. The second kappa shape index (κ2) is 4.93. The predicted molar refractivity (Wildman–Crippen MR) is 62.1 cm³/mol. The molecular weight excluding hydrogens is 248 g/mol. The van der Waals surface area contributed by atoms with Crippen LogP contribution in [0.1, 0.15) is 12.0 Å². The van der Waals surface area contributed by atoms with Crippen molar-refractivity contribution in [3.05, 3.63) is 29.3 Å². The van der Waals surface area contributed by atoms with Gasteiger partial charge in [-0.15, -0.1) is 0 Å². The molecule has 1 aliphatic rings. The van der Waals surface area contributed by atoms with Gasteiger partial charge in [-0.05, 0) is 12.1 Å². The zero-order valence-electron chi connectivity index (χ0n) is 8.91. The van der Waals surface area contributed by atoms with E-state index in [1.54, 1.807) is 0 Å². The highest BCUT2D eigenvalue weighted by Gasteiger charge is 2.22. The second-order valence-corrected chi connectivity index (χ2v) is 4.18. The molecule has 1 atom stereocenters. The molecule has 2 rings (SSSR count). The summed E-state index contributed by atoms with van der Waals surface area (Å²) in [6.45, 7) is 0.884. The Bertz CT molecular complexity index is 424. The largest absolute Gasteiger partial charge is 0.482 e.